The summed E-state index contributed by atoms with van der Waals surface area (Å²) < 4.78 is 0. The first-order valence-electron chi connectivity index (χ1n) is 5.81. The van der Waals surface area contributed by atoms with E-state index in [1.807, 2.05) is 0 Å². The van der Waals surface area contributed by atoms with Crippen LogP contribution in [-0.2, 0) is 0 Å². The highest BCUT2D eigenvalue weighted by molar-refractivity contribution is 4.96. The van der Waals surface area contributed by atoms with Crippen LogP contribution in [0.15, 0.2) is 0 Å². The molecule has 3 N–H and O–H groups in total. The number of nitrogens with one attached hydrogen (secondary N) is 1. The third-order valence-electron chi connectivity index (χ3n) is 3.28. The third-order valence-corrected chi connectivity index (χ3v) is 3.28. The number of hydrogen-bond donors (Lipinski definition) is 2. The predicted molar refractivity (Wildman–Crippen MR) is 62.3 cm³/mol. The minimum absolute atomic E-state index is 0.000527. The van der Waals surface area contributed by atoms with Crippen LogP contribution in [0.1, 0.15) is 47.0 Å². The lowest BCUT2D eigenvalue weighted by atomic mass is 10.0. The van der Waals surface area contributed by atoms with Crippen molar-refractivity contribution >= 4 is 0 Å². The molecule has 0 aliphatic heterocycles. The quantitative estimate of drug-likeness (QED) is 0.642. The highest BCUT2D eigenvalue weighted by Gasteiger charge is 2.44. The van der Waals surface area contributed by atoms with Crippen molar-refractivity contribution < 1.29 is 0 Å². The first-order chi connectivity index (χ1) is 6.31. The monoisotopic (exact) mass is 198 g/mol. The Hall–Kier alpha value is -0.0800. The van der Waals surface area contributed by atoms with Gasteiger partial charge in [-0.05, 0) is 57.5 Å². The van der Waals surface area contributed by atoms with Crippen LogP contribution >= 0.6 is 0 Å². The Labute approximate surface area is 88.6 Å². The summed E-state index contributed by atoms with van der Waals surface area (Å²) >= 11 is 0. The van der Waals surface area contributed by atoms with E-state index in [0.29, 0.717) is 5.41 Å². The summed E-state index contributed by atoms with van der Waals surface area (Å²) in [5.41, 5.74) is 6.52. The second kappa shape index (κ2) is 4.19. The highest BCUT2D eigenvalue weighted by Crippen LogP contribution is 2.50. The van der Waals surface area contributed by atoms with E-state index in [1.165, 1.54) is 19.4 Å². The average molecular weight is 198 g/mol. The minimum Gasteiger partial charge on any atom is -0.326 e. The fourth-order valence-corrected chi connectivity index (χ4v) is 1.87. The molecule has 0 bridgehead atoms. The molecular formula is C12H26N2. The molecule has 1 aliphatic carbocycles. The summed E-state index contributed by atoms with van der Waals surface area (Å²) in [4.78, 5) is 0. The Balaban J connectivity index is 1.91. The van der Waals surface area contributed by atoms with Gasteiger partial charge < -0.3 is 11.1 Å². The Bertz CT molecular complexity index is 179. The molecule has 1 unspecified atom stereocenters. The van der Waals surface area contributed by atoms with Crippen molar-refractivity contribution in [3.63, 3.8) is 0 Å². The van der Waals surface area contributed by atoms with Gasteiger partial charge in [-0.1, -0.05) is 13.8 Å². The van der Waals surface area contributed by atoms with E-state index < -0.39 is 0 Å². The average Bonchev–Trinajstić information content (AvgIpc) is 2.56. The second-order valence-electron chi connectivity index (χ2n) is 6.19. The van der Waals surface area contributed by atoms with Gasteiger partial charge in [0.15, 0.2) is 0 Å². The zero-order valence-electron chi connectivity index (χ0n) is 10.2. The maximum absolute atomic E-state index is 5.91. The van der Waals surface area contributed by atoms with Crippen LogP contribution in [0.4, 0.5) is 0 Å². The van der Waals surface area contributed by atoms with E-state index in [0.717, 1.165) is 18.9 Å². The summed E-state index contributed by atoms with van der Waals surface area (Å²) in [6.45, 7) is 11.2. The molecule has 0 saturated heterocycles. The maximum Gasteiger partial charge on any atom is 0.00975 e. The molecule has 1 atom stereocenters. The number of hydrogen-bond acceptors (Lipinski definition) is 2. The van der Waals surface area contributed by atoms with Crippen LogP contribution in [0.5, 0.6) is 0 Å². The molecule has 0 aromatic carbocycles. The summed E-state index contributed by atoms with van der Waals surface area (Å²) in [5.74, 6) is 0.911. The summed E-state index contributed by atoms with van der Waals surface area (Å²) in [7, 11) is 0. The van der Waals surface area contributed by atoms with E-state index in [4.69, 9.17) is 5.73 Å². The van der Waals surface area contributed by atoms with Crippen molar-refractivity contribution in [2.24, 2.45) is 17.1 Å². The Kier molecular flexibility index (Phi) is 3.59. The molecule has 0 radical (unpaired) electrons. The van der Waals surface area contributed by atoms with Crippen LogP contribution in [0.2, 0.25) is 0 Å². The van der Waals surface area contributed by atoms with Crippen LogP contribution < -0.4 is 11.1 Å². The normalized spacial score (nSPS) is 25.1. The smallest absolute Gasteiger partial charge is 0.00975 e. The zero-order valence-corrected chi connectivity index (χ0v) is 10.2. The second-order valence-corrected chi connectivity index (χ2v) is 6.19. The lowest BCUT2D eigenvalue weighted by molar-refractivity contribution is 0.440. The fraction of sp³-hybridized carbons (Fsp3) is 1.00. The molecule has 0 spiro atoms. The fourth-order valence-electron chi connectivity index (χ4n) is 1.87. The lowest BCUT2D eigenvalue weighted by Crippen LogP contribution is -2.33. The molecule has 0 aromatic heterocycles. The molecule has 0 amide bonds. The summed E-state index contributed by atoms with van der Waals surface area (Å²) in [5, 5.41) is 3.52. The van der Waals surface area contributed by atoms with Crippen molar-refractivity contribution in [3.8, 4) is 0 Å². The standard InChI is InChI=1S/C12H26N2/c1-11(2)8-10(11)9-14-7-5-6-12(3,4)13/h10,14H,5-9,13H2,1-4H3. The minimum atomic E-state index is 0.000527. The number of nitrogens with two attached hydrogens (primary N) is 1. The molecule has 1 rings (SSSR count). The van der Waals surface area contributed by atoms with Crippen molar-refractivity contribution in [2.75, 3.05) is 13.1 Å². The number of rotatable bonds is 6. The van der Waals surface area contributed by atoms with Crippen LogP contribution in [-0.4, -0.2) is 18.6 Å². The van der Waals surface area contributed by atoms with Crippen molar-refractivity contribution in [2.45, 2.75) is 52.5 Å². The van der Waals surface area contributed by atoms with Gasteiger partial charge in [-0.25, -0.2) is 0 Å². The Morgan fingerprint density at radius 3 is 2.43 bits per heavy atom. The van der Waals surface area contributed by atoms with Gasteiger partial charge in [-0.3, -0.25) is 0 Å². The van der Waals surface area contributed by atoms with E-state index in [1.54, 1.807) is 0 Å². The van der Waals surface area contributed by atoms with Gasteiger partial charge in [-0.15, -0.1) is 0 Å². The van der Waals surface area contributed by atoms with Gasteiger partial charge in [0, 0.05) is 5.54 Å². The van der Waals surface area contributed by atoms with E-state index in [-0.39, 0.29) is 5.54 Å². The van der Waals surface area contributed by atoms with Gasteiger partial charge in [0.05, 0.1) is 0 Å². The van der Waals surface area contributed by atoms with Crippen molar-refractivity contribution in [1.29, 1.82) is 0 Å². The molecule has 0 heterocycles. The van der Waals surface area contributed by atoms with Crippen molar-refractivity contribution in [3.05, 3.63) is 0 Å². The molecule has 14 heavy (non-hydrogen) atoms. The summed E-state index contributed by atoms with van der Waals surface area (Å²) in [6.07, 6.45) is 3.69. The molecular weight excluding hydrogens is 172 g/mol. The third kappa shape index (κ3) is 4.43. The largest absolute Gasteiger partial charge is 0.326 e. The van der Waals surface area contributed by atoms with Gasteiger partial charge in [-0.2, -0.15) is 0 Å². The zero-order chi connectivity index (χ0) is 10.8. The highest BCUT2D eigenvalue weighted by atomic mass is 14.9. The maximum atomic E-state index is 5.91. The summed E-state index contributed by atoms with van der Waals surface area (Å²) in [6, 6.07) is 0. The van der Waals surface area contributed by atoms with Crippen LogP contribution in [0, 0.1) is 11.3 Å². The molecule has 84 valence electrons. The SMILES string of the molecule is CC(C)(N)CCCNCC1CC1(C)C. The molecule has 1 fully saturated rings. The Morgan fingerprint density at radius 2 is 2.00 bits per heavy atom. The first kappa shape index (κ1) is 12.0. The molecule has 1 aliphatic rings. The molecule has 0 aromatic rings. The van der Waals surface area contributed by atoms with E-state index >= 15 is 0 Å². The van der Waals surface area contributed by atoms with E-state index in [9.17, 15) is 0 Å². The van der Waals surface area contributed by atoms with Gasteiger partial charge in [0.25, 0.3) is 0 Å². The lowest BCUT2D eigenvalue weighted by Gasteiger charge is -2.18. The topological polar surface area (TPSA) is 38.0 Å². The van der Waals surface area contributed by atoms with Crippen LogP contribution in [0.3, 0.4) is 0 Å². The van der Waals surface area contributed by atoms with E-state index in [2.05, 4.69) is 33.0 Å². The first-order valence-corrected chi connectivity index (χ1v) is 5.81. The predicted octanol–water partition coefficient (Wildman–Crippen LogP) is 2.14. The van der Waals surface area contributed by atoms with Gasteiger partial charge >= 0.3 is 0 Å². The molecule has 2 nitrogen and oxygen atoms in total. The Morgan fingerprint density at radius 1 is 1.43 bits per heavy atom. The van der Waals surface area contributed by atoms with Gasteiger partial charge in [0.2, 0.25) is 0 Å². The molecule has 1 saturated carbocycles. The van der Waals surface area contributed by atoms with Crippen LogP contribution in [0.25, 0.3) is 0 Å². The molecule has 2 heteroatoms. The van der Waals surface area contributed by atoms with Gasteiger partial charge in [0.1, 0.15) is 0 Å². The van der Waals surface area contributed by atoms with Crippen molar-refractivity contribution in [1.82, 2.24) is 5.32 Å².